The zero-order valence-electron chi connectivity index (χ0n) is 15.0. The lowest BCUT2D eigenvalue weighted by atomic mass is 10.1. The van der Waals surface area contributed by atoms with Gasteiger partial charge in [-0.25, -0.2) is 4.79 Å². The van der Waals surface area contributed by atoms with Gasteiger partial charge in [-0.3, -0.25) is 14.4 Å². The molecule has 0 atom stereocenters. The van der Waals surface area contributed by atoms with Crippen molar-refractivity contribution < 1.29 is 23.9 Å². The van der Waals surface area contributed by atoms with Gasteiger partial charge in [-0.1, -0.05) is 24.3 Å². The first kappa shape index (κ1) is 20.4. The van der Waals surface area contributed by atoms with Crippen LogP contribution in [-0.2, 0) is 14.3 Å². The van der Waals surface area contributed by atoms with Crippen LogP contribution in [0.5, 0.6) is 0 Å². The lowest BCUT2D eigenvalue weighted by molar-refractivity contribution is -0.119. The summed E-state index contributed by atoms with van der Waals surface area (Å²) < 4.78 is 5.07. The minimum atomic E-state index is -0.644. The van der Waals surface area contributed by atoms with Crippen LogP contribution in [0.1, 0.15) is 34.6 Å². The number of thioether (sulfide) groups is 1. The van der Waals surface area contributed by atoms with E-state index in [0.717, 1.165) is 0 Å². The fourth-order valence-electron chi connectivity index (χ4n) is 2.16. The minimum absolute atomic E-state index is 0.00432. The molecule has 0 radical (unpaired) electrons. The van der Waals surface area contributed by atoms with Crippen LogP contribution in [0.2, 0.25) is 0 Å². The maximum Gasteiger partial charge on any atom is 0.339 e. The molecule has 0 heterocycles. The Balaban J connectivity index is 1.95. The number of carbonyl (C=O) groups excluding carboxylic acids is 4. The van der Waals surface area contributed by atoms with Crippen LogP contribution < -0.4 is 5.32 Å². The SMILES string of the molecule is CC(=O)CSc1ccccc1C(=O)OCC(=O)Nc1cccc(C(C)=O)c1. The number of hydrogen-bond acceptors (Lipinski definition) is 6. The van der Waals surface area contributed by atoms with Crippen LogP contribution in [0.3, 0.4) is 0 Å². The number of Topliss-reactive ketones (excluding diaryl/α,β-unsaturated/α-hetero) is 2. The molecule has 7 heteroatoms. The molecular formula is C20H19NO5S. The second-order valence-corrected chi connectivity index (χ2v) is 6.77. The minimum Gasteiger partial charge on any atom is -0.452 e. The van der Waals surface area contributed by atoms with E-state index in [0.29, 0.717) is 21.7 Å². The van der Waals surface area contributed by atoms with Gasteiger partial charge in [0.1, 0.15) is 5.78 Å². The first-order valence-corrected chi connectivity index (χ1v) is 9.14. The molecule has 0 aliphatic heterocycles. The maximum absolute atomic E-state index is 12.3. The van der Waals surface area contributed by atoms with Gasteiger partial charge >= 0.3 is 5.97 Å². The van der Waals surface area contributed by atoms with Gasteiger partial charge < -0.3 is 10.1 Å². The molecule has 2 aromatic rings. The van der Waals surface area contributed by atoms with Gasteiger partial charge in [0.05, 0.1) is 11.3 Å². The Hall–Kier alpha value is -2.93. The highest BCUT2D eigenvalue weighted by Gasteiger charge is 2.15. The summed E-state index contributed by atoms with van der Waals surface area (Å²) in [5, 5.41) is 2.58. The van der Waals surface area contributed by atoms with Crippen molar-refractivity contribution in [3.63, 3.8) is 0 Å². The fourth-order valence-corrected chi connectivity index (χ4v) is 3.00. The van der Waals surface area contributed by atoms with E-state index in [2.05, 4.69) is 5.32 Å². The summed E-state index contributed by atoms with van der Waals surface area (Å²) in [7, 11) is 0. The van der Waals surface area contributed by atoms with Crippen molar-refractivity contribution >= 4 is 40.9 Å². The zero-order valence-corrected chi connectivity index (χ0v) is 15.8. The van der Waals surface area contributed by atoms with E-state index in [1.54, 1.807) is 48.5 Å². The molecule has 0 spiro atoms. The number of amides is 1. The Morgan fingerprint density at radius 3 is 2.44 bits per heavy atom. The van der Waals surface area contributed by atoms with Crippen molar-refractivity contribution in [1.82, 2.24) is 0 Å². The Morgan fingerprint density at radius 2 is 1.74 bits per heavy atom. The van der Waals surface area contributed by atoms with E-state index in [1.807, 2.05) is 0 Å². The maximum atomic E-state index is 12.3. The molecule has 2 aromatic carbocycles. The van der Waals surface area contributed by atoms with E-state index in [1.165, 1.54) is 25.6 Å². The fraction of sp³-hybridized carbons (Fsp3) is 0.200. The van der Waals surface area contributed by atoms with Crippen molar-refractivity contribution in [2.45, 2.75) is 18.7 Å². The van der Waals surface area contributed by atoms with Gasteiger partial charge in [-0.05, 0) is 38.1 Å². The Morgan fingerprint density at radius 1 is 1.00 bits per heavy atom. The predicted molar refractivity (Wildman–Crippen MR) is 103 cm³/mol. The van der Waals surface area contributed by atoms with Gasteiger partial charge in [0.15, 0.2) is 12.4 Å². The van der Waals surface area contributed by atoms with Crippen molar-refractivity contribution in [2.75, 3.05) is 17.7 Å². The predicted octanol–water partition coefficient (Wildman–Crippen LogP) is 3.37. The average molecular weight is 385 g/mol. The lowest BCUT2D eigenvalue weighted by Gasteiger charge is -2.09. The first-order chi connectivity index (χ1) is 12.9. The van der Waals surface area contributed by atoms with Crippen LogP contribution in [0.4, 0.5) is 5.69 Å². The molecule has 0 saturated carbocycles. The lowest BCUT2D eigenvalue weighted by Crippen LogP contribution is -2.21. The summed E-state index contributed by atoms with van der Waals surface area (Å²) >= 11 is 1.24. The first-order valence-electron chi connectivity index (χ1n) is 8.16. The van der Waals surface area contributed by atoms with Gasteiger partial charge in [0.25, 0.3) is 5.91 Å². The normalized spacial score (nSPS) is 10.1. The molecule has 0 aliphatic carbocycles. The van der Waals surface area contributed by atoms with Gasteiger partial charge in [0.2, 0.25) is 0 Å². The summed E-state index contributed by atoms with van der Waals surface area (Å²) in [5.41, 5.74) is 1.22. The second-order valence-electron chi connectivity index (χ2n) is 5.75. The number of anilines is 1. The van der Waals surface area contributed by atoms with E-state index < -0.39 is 18.5 Å². The Kier molecular flexibility index (Phi) is 7.31. The number of benzene rings is 2. The third kappa shape index (κ3) is 6.38. The molecule has 0 fully saturated rings. The molecule has 0 saturated heterocycles. The average Bonchev–Trinajstić information content (AvgIpc) is 2.64. The number of carbonyl (C=O) groups is 4. The van der Waals surface area contributed by atoms with Crippen molar-refractivity contribution in [2.24, 2.45) is 0 Å². The number of esters is 1. The molecule has 140 valence electrons. The number of hydrogen-bond donors (Lipinski definition) is 1. The van der Waals surface area contributed by atoms with E-state index in [-0.39, 0.29) is 17.3 Å². The molecule has 1 N–H and O–H groups in total. The highest BCUT2D eigenvalue weighted by Crippen LogP contribution is 2.23. The van der Waals surface area contributed by atoms with Crippen LogP contribution in [0, 0.1) is 0 Å². The number of rotatable bonds is 8. The molecule has 0 bridgehead atoms. The largest absolute Gasteiger partial charge is 0.452 e. The van der Waals surface area contributed by atoms with Crippen molar-refractivity contribution in [1.29, 1.82) is 0 Å². The smallest absolute Gasteiger partial charge is 0.339 e. The molecule has 1 amide bonds. The summed E-state index contributed by atoms with van der Waals surface area (Å²) in [6.45, 7) is 2.44. The summed E-state index contributed by atoms with van der Waals surface area (Å²) in [4.78, 5) is 47.4. The van der Waals surface area contributed by atoms with E-state index in [4.69, 9.17) is 4.74 Å². The standard InChI is InChI=1S/C20H19NO5S/c1-13(22)12-27-18-9-4-3-8-17(18)20(25)26-11-19(24)21-16-7-5-6-15(10-16)14(2)23/h3-10H,11-12H2,1-2H3,(H,21,24). The highest BCUT2D eigenvalue weighted by atomic mass is 32.2. The molecular weight excluding hydrogens is 366 g/mol. The zero-order chi connectivity index (χ0) is 19.8. The molecule has 0 aromatic heterocycles. The molecule has 0 aliphatic rings. The summed E-state index contributed by atoms with van der Waals surface area (Å²) in [5.74, 6) is -1.03. The van der Waals surface area contributed by atoms with Crippen molar-refractivity contribution in [3.8, 4) is 0 Å². The van der Waals surface area contributed by atoms with Gasteiger partial charge in [0, 0.05) is 16.1 Å². The third-order valence-electron chi connectivity index (χ3n) is 3.43. The number of ether oxygens (including phenoxy) is 1. The molecule has 2 rings (SSSR count). The Bertz CT molecular complexity index is 878. The third-order valence-corrected chi connectivity index (χ3v) is 4.64. The quantitative estimate of drug-likeness (QED) is 0.426. The summed E-state index contributed by atoms with van der Waals surface area (Å²) in [6.07, 6.45) is 0. The molecule has 0 unspecified atom stereocenters. The molecule has 27 heavy (non-hydrogen) atoms. The molecule has 6 nitrogen and oxygen atoms in total. The van der Waals surface area contributed by atoms with E-state index in [9.17, 15) is 19.2 Å². The van der Waals surface area contributed by atoms with Crippen molar-refractivity contribution in [3.05, 3.63) is 59.7 Å². The Labute approximate surface area is 161 Å². The van der Waals surface area contributed by atoms with Crippen LogP contribution in [-0.4, -0.2) is 35.8 Å². The summed E-state index contributed by atoms with van der Waals surface area (Å²) in [6, 6.07) is 13.2. The monoisotopic (exact) mass is 385 g/mol. The van der Waals surface area contributed by atoms with E-state index >= 15 is 0 Å². The number of ketones is 2. The van der Waals surface area contributed by atoms with Gasteiger partial charge in [-0.15, -0.1) is 11.8 Å². The van der Waals surface area contributed by atoms with Crippen LogP contribution in [0.15, 0.2) is 53.4 Å². The topological polar surface area (TPSA) is 89.5 Å². The van der Waals surface area contributed by atoms with Crippen LogP contribution >= 0.6 is 11.8 Å². The van der Waals surface area contributed by atoms with Gasteiger partial charge in [-0.2, -0.15) is 0 Å². The highest BCUT2D eigenvalue weighted by molar-refractivity contribution is 8.00. The number of nitrogens with one attached hydrogen (secondary N) is 1. The second kappa shape index (κ2) is 9.68. The van der Waals surface area contributed by atoms with Crippen LogP contribution in [0.25, 0.3) is 0 Å².